The molecule has 6 nitrogen and oxygen atoms in total. The van der Waals surface area contributed by atoms with Crippen molar-refractivity contribution in [2.24, 2.45) is 0 Å². The number of ether oxygens (including phenoxy) is 1. The van der Waals surface area contributed by atoms with Crippen molar-refractivity contribution in [3.63, 3.8) is 0 Å². The number of pyridine rings is 1. The highest BCUT2D eigenvalue weighted by atomic mass is 79.9. The molecule has 2 aliphatic heterocycles. The van der Waals surface area contributed by atoms with Gasteiger partial charge in [-0.1, -0.05) is 19.9 Å². The van der Waals surface area contributed by atoms with Gasteiger partial charge in [-0.05, 0) is 31.0 Å². The Labute approximate surface area is 187 Å². The minimum atomic E-state index is -0.128. The van der Waals surface area contributed by atoms with E-state index in [4.69, 9.17) is 15.1 Å². The number of carbonyl (C=O) groups is 1. The average Bonchev–Trinajstić information content (AvgIpc) is 3.45. The Kier molecular flexibility index (Phi) is 5.12. The maximum absolute atomic E-state index is 13.1. The first-order valence-electron chi connectivity index (χ1n) is 10.2. The average molecular weight is 471 g/mol. The van der Waals surface area contributed by atoms with Gasteiger partial charge < -0.3 is 15.0 Å². The molecule has 1 fully saturated rings. The topological polar surface area (TPSA) is 78.3 Å². The third-order valence-electron chi connectivity index (χ3n) is 6.22. The van der Waals surface area contributed by atoms with E-state index in [2.05, 4.69) is 31.3 Å². The van der Waals surface area contributed by atoms with Gasteiger partial charge in [0.15, 0.2) is 5.78 Å². The molecule has 3 aliphatic rings. The van der Waals surface area contributed by atoms with Gasteiger partial charge in [0, 0.05) is 47.3 Å². The predicted molar refractivity (Wildman–Crippen MR) is 123 cm³/mol. The molecule has 7 heteroatoms. The molecule has 158 valence electrons. The Hall–Kier alpha value is -2.41. The Morgan fingerprint density at radius 3 is 2.80 bits per heavy atom. The fraction of sp³-hybridized carbons (Fsp3) is 0.435. The van der Waals surface area contributed by atoms with Crippen LogP contribution < -0.4 is 10.1 Å². The van der Waals surface area contributed by atoms with Gasteiger partial charge in [0.25, 0.3) is 0 Å². The minimum Gasteiger partial charge on any atom is -0.490 e. The van der Waals surface area contributed by atoms with E-state index in [0.29, 0.717) is 30.5 Å². The number of Topliss-reactive ketones (excluding diaryl/α,β-unsaturated/α-hetero) is 1. The summed E-state index contributed by atoms with van der Waals surface area (Å²) in [5, 5.41) is 11.7. The summed E-state index contributed by atoms with van der Waals surface area (Å²) in [6.07, 6.45) is 2.38. The molecule has 1 saturated carbocycles. The van der Waals surface area contributed by atoms with Gasteiger partial charge in [0.1, 0.15) is 17.3 Å². The summed E-state index contributed by atoms with van der Waals surface area (Å²) in [6.45, 7) is 5.61. The minimum absolute atomic E-state index is 0. The van der Waals surface area contributed by atoms with Crippen molar-refractivity contribution in [1.29, 1.82) is 5.41 Å². The fourth-order valence-corrected chi connectivity index (χ4v) is 4.24. The third-order valence-corrected chi connectivity index (χ3v) is 6.22. The summed E-state index contributed by atoms with van der Waals surface area (Å²) < 4.78 is 5.87. The van der Waals surface area contributed by atoms with Crippen LogP contribution in [0.15, 0.2) is 24.3 Å². The predicted octanol–water partition coefficient (Wildman–Crippen LogP) is 4.27. The van der Waals surface area contributed by atoms with Crippen molar-refractivity contribution in [3.05, 3.63) is 52.3 Å². The summed E-state index contributed by atoms with van der Waals surface area (Å²) in [7, 11) is 1.84. The summed E-state index contributed by atoms with van der Waals surface area (Å²) in [5.41, 5.74) is 5.28. The van der Waals surface area contributed by atoms with Crippen LogP contribution in [0, 0.1) is 5.41 Å². The van der Waals surface area contributed by atoms with E-state index in [1.807, 2.05) is 24.1 Å². The summed E-state index contributed by atoms with van der Waals surface area (Å²) in [6, 6.07) is 7.97. The van der Waals surface area contributed by atoms with Gasteiger partial charge in [-0.15, -0.1) is 17.0 Å². The molecule has 3 heterocycles. The van der Waals surface area contributed by atoms with E-state index in [1.54, 1.807) is 0 Å². The number of nitrogens with zero attached hydrogens (tertiary/aromatic N) is 2. The molecule has 2 aromatic rings. The first kappa shape index (κ1) is 20.8. The van der Waals surface area contributed by atoms with Crippen LogP contribution in [0.4, 0.5) is 5.69 Å². The number of carbonyl (C=O) groups excluding carboxylic acids is 1. The normalized spacial score (nSPS) is 18.4. The lowest BCUT2D eigenvalue weighted by Crippen LogP contribution is -2.30. The van der Waals surface area contributed by atoms with Crippen molar-refractivity contribution in [2.75, 3.05) is 25.5 Å². The van der Waals surface area contributed by atoms with E-state index < -0.39 is 0 Å². The zero-order valence-electron chi connectivity index (χ0n) is 17.5. The Morgan fingerprint density at radius 1 is 1.33 bits per heavy atom. The van der Waals surface area contributed by atoms with Crippen LogP contribution in [0.1, 0.15) is 65.5 Å². The Morgan fingerprint density at radius 2 is 2.10 bits per heavy atom. The number of nitrogens with one attached hydrogen (secondary N) is 2. The van der Waals surface area contributed by atoms with Gasteiger partial charge in [0.2, 0.25) is 0 Å². The molecule has 1 aliphatic carbocycles. The fourth-order valence-electron chi connectivity index (χ4n) is 4.24. The number of rotatable bonds is 5. The second-order valence-electron chi connectivity index (χ2n) is 8.97. The van der Waals surface area contributed by atoms with Gasteiger partial charge in [-0.25, -0.2) is 4.98 Å². The van der Waals surface area contributed by atoms with Crippen molar-refractivity contribution in [1.82, 2.24) is 9.88 Å². The number of halogens is 1. The van der Waals surface area contributed by atoms with Crippen LogP contribution in [0.5, 0.6) is 5.75 Å². The molecule has 0 bridgehead atoms. The monoisotopic (exact) mass is 470 g/mol. The molecule has 1 aromatic heterocycles. The summed E-state index contributed by atoms with van der Waals surface area (Å²) in [4.78, 5) is 19.7. The van der Waals surface area contributed by atoms with E-state index in [-0.39, 0.29) is 34.7 Å². The van der Waals surface area contributed by atoms with Gasteiger partial charge >= 0.3 is 0 Å². The summed E-state index contributed by atoms with van der Waals surface area (Å²) >= 11 is 0. The number of hydrogen-bond acceptors (Lipinski definition) is 5. The number of anilines is 1. The molecule has 0 amide bonds. The van der Waals surface area contributed by atoms with E-state index >= 15 is 0 Å². The zero-order chi connectivity index (χ0) is 20.3. The van der Waals surface area contributed by atoms with E-state index in [0.717, 1.165) is 34.0 Å². The maximum atomic E-state index is 13.1. The molecule has 0 radical (unpaired) electrons. The second kappa shape index (κ2) is 7.38. The molecule has 0 saturated heterocycles. The SMILES string of the molecule is Br.CNc1cc(C(=O)CN2Cc3ccc(C4CC4)nc3C2=N)cc2c1OCC2(C)C. The standard InChI is InChI=1S/C23H26N4O2.BrH/c1-23(2)12-29-21-16(23)8-15(9-18(21)25-3)19(28)11-27-10-14-6-7-17(13-4-5-13)26-20(14)22(27)24;/h6-9,13,24-25H,4-5,10-12H2,1-3H3;1H. The quantitative estimate of drug-likeness (QED) is 0.637. The smallest absolute Gasteiger partial charge is 0.182 e. The van der Waals surface area contributed by atoms with Crippen LogP contribution in [0.2, 0.25) is 0 Å². The third kappa shape index (κ3) is 3.39. The molecule has 0 unspecified atom stereocenters. The molecule has 5 rings (SSSR count). The number of ketones is 1. The van der Waals surface area contributed by atoms with Crippen molar-refractivity contribution >= 4 is 34.3 Å². The molecular weight excluding hydrogens is 444 g/mol. The lowest BCUT2D eigenvalue weighted by Gasteiger charge is -2.19. The molecule has 1 aromatic carbocycles. The van der Waals surface area contributed by atoms with Crippen LogP contribution in [0.3, 0.4) is 0 Å². The highest BCUT2D eigenvalue weighted by Crippen LogP contribution is 2.44. The highest BCUT2D eigenvalue weighted by molar-refractivity contribution is 8.93. The van der Waals surface area contributed by atoms with Crippen LogP contribution in [-0.2, 0) is 12.0 Å². The van der Waals surface area contributed by atoms with Crippen LogP contribution in [0.25, 0.3) is 0 Å². The van der Waals surface area contributed by atoms with Crippen molar-refractivity contribution < 1.29 is 9.53 Å². The first-order valence-corrected chi connectivity index (χ1v) is 10.2. The number of benzene rings is 1. The molecule has 0 atom stereocenters. The lowest BCUT2D eigenvalue weighted by molar-refractivity contribution is 0.0962. The molecule has 0 spiro atoms. The number of aromatic nitrogens is 1. The Bertz CT molecular complexity index is 1050. The van der Waals surface area contributed by atoms with E-state index in [1.165, 1.54) is 12.8 Å². The number of fused-ring (bicyclic) bond motifs is 2. The van der Waals surface area contributed by atoms with Crippen LogP contribution in [-0.4, -0.2) is 41.7 Å². The molecule has 2 N–H and O–H groups in total. The van der Waals surface area contributed by atoms with Gasteiger partial charge in [-0.2, -0.15) is 0 Å². The van der Waals surface area contributed by atoms with Gasteiger partial charge in [0.05, 0.1) is 18.8 Å². The second-order valence-corrected chi connectivity index (χ2v) is 8.97. The first-order chi connectivity index (χ1) is 13.9. The lowest BCUT2D eigenvalue weighted by atomic mass is 9.85. The zero-order valence-corrected chi connectivity index (χ0v) is 19.3. The van der Waals surface area contributed by atoms with Gasteiger partial charge in [-0.3, -0.25) is 10.2 Å². The van der Waals surface area contributed by atoms with Crippen LogP contribution >= 0.6 is 17.0 Å². The van der Waals surface area contributed by atoms with Crippen molar-refractivity contribution in [3.8, 4) is 5.75 Å². The number of hydrogen-bond donors (Lipinski definition) is 2. The molecule has 30 heavy (non-hydrogen) atoms. The Balaban J connectivity index is 0.00000218. The van der Waals surface area contributed by atoms with Crippen molar-refractivity contribution in [2.45, 2.75) is 44.6 Å². The molecular formula is C23H27BrN4O2. The maximum Gasteiger partial charge on any atom is 0.182 e. The van der Waals surface area contributed by atoms with E-state index in [9.17, 15) is 4.79 Å². The summed E-state index contributed by atoms with van der Waals surface area (Å²) in [5.74, 6) is 1.76. The highest BCUT2D eigenvalue weighted by Gasteiger charge is 2.35. The largest absolute Gasteiger partial charge is 0.490 e. The number of amidine groups is 1.